The second-order valence-corrected chi connectivity index (χ2v) is 6.66. The van der Waals surface area contributed by atoms with Crippen LogP contribution in [0.5, 0.6) is 5.75 Å². The lowest BCUT2D eigenvalue weighted by Gasteiger charge is -2.35. The topological polar surface area (TPSA) is 84.7 Å². The van der Waals surface area contributed by atoms with E-state index < -0.39 is 5.54 Å². The Hall–Kier alpha value is -2.83. The minimum Gasteiger partial charge on any atom is -0.497 e. The molecule has 134 valence electrons. The number of nitrogens with one attached hydrogen (secondary N) is 1. The number of aromatic nitrogens is 1. The third kappa shape index (κ3) is 4.82. The Morgan fingerprint density at radius 1 is 1.24 bits per heavy atom. The van der Waals surface area contributed by atoms with Crippen LogP contribution in [0.15, 0.2) is 34.9 Å². The zero-order chi connectivity index (χ0) is 18.6. The summed E-state index contributed by atoms with van der Waals surface area (Å²) in [5.74, 6) is 1.01. The molecule has 2 aromatic rings. The molecule has 0 unspecified atom stereocenters. The maximum Gasteiger partial charge on any atom is 0.254 e. The molecule has 0 spiro atoms. The fourth-order valence-corrected chi connectivity index (χ4v) is 2.25. The molecule has 0 fully saturated rings. The van der Waals surface area contributed by atoms with Gasteiger partial charge in [-0.2, -0.15) is 0 Å². The number of aryl methyl sites for hydroxylation is 1. The molecule has 2 rings (SSSR count). The molecule has 1 aromatic carbocycles. The number of hydrogen-bond acceptors (Lipinski definition) is 5. The largest absolute Gasteiger partial charge is 0.497 e. The van der Waals surface area contributed by atoms with Gasteiger partial charge in [0.1, 0.15) is 18.1 Å². The Labute approximate surface area is 146 Å². The van der Waals surface area contributed by atoms with Gasteiger partial charge in [0, 0.05) is 17.2 Å². The quantitative estimate of drug-likeness (QED) is 0.901. The second kappa shape index (κ2) is 7.38. The van der Waals surface area contributed by atoms with Gasteiger partial charge in [0.25, 0.3) is 5.91 Å². The summed E-state index contributed by atoms with van der Waals surface area (Å²) in [4.78, 5) is 26.7. The van der Waals surface area contributed by atoms with Crippen molar-refractivity contribution in [2.45, 2.75) is 33.2 Å². The van der Waals surface area contributed by atoms with Gasteiger partial charge in [-0.3, -0.25) is 9.59 Å². The first-order valence-corrected chi connectivity index (χ1v) is 7.90. The first-order chi connectivity index (χ1) is 11.7. The predicted molar refractivity (Wildman–Crippen MR) is 93.7 cm³/mol. The van der Waals surface area contributed by atoms with Crippen LogP contribution in [0.3, 0.4) is 0 Å². The number of benzene rings is 1. The first kappa shape index (κ1) is 18.5. The predicted octanol–water partition coefficient (Wildman–Crippen LogP) is 2.87. The molecule has 0 aliphatic carbocycles. The number of amides is 2. The van der Waals surface area contributed by atoms with Crippen molar-refractivity contribution in [2.75, 3.05) is 19.0 Å². The standard InChI is InChI=1S/C18H23N3O4/c1-12-10-15(20-25-12)19-16(22)11-21(18(2,3)4)17(23)13-6-8-14(24-5)9-7-13/h6-10H,11H2,1-5H3,(H,19,20,22). The molecule has 1 aromatic heterocycles. The molecule has 25 heavy (non-hydrogen) atoms. The van der Waals surface area contributed by atoms with Crippen molar-refractivity contribution in [3.05, 3.63) is 41.7 Å². The molecule has 0 saturated carbocycles. The molecule has 0 radical (unpaired) electrons. The average Bonchev–Trinajstić information content (AvgIpc) is 2.96. The summed E-state index contributed by atoms with van der Waals surface area (Å²) in [6.07, 6.45) is 0. The van der Waals surface area contributed by atoms with Gasteiger partial charge in [0.15, 0.2) is 5.82 Å². The Bertz CT molecular complexity index is 744. The Balaban J connectivity index is 2.14. The number of anilines is 1. The molecule has 0 atom stereocenters. The molecular weight excluding hydrogens is 322 g/mol. The molecule has 2 amide bonds. The van der Waals surface area contributed by atoms with Gasteiger partial charge in [0.2, 0.25) is 5.91 Å². The second-order valence-electron chi connectivity index (χ2n) is 6.66. The van der Waals surface area contributed by atoms with E-state index in [9.17, 15) is 9.59 Å². The highest BCUT2D eigenvalue weighted by Gasteiger charge is 2.29. The zero-order valence-corrected chi connectivity index (χ0v) is 15.1. The molecular formula is C18H23N3O4. The van der Waals surface area contributed by atoms with E-state index in [4.69, 9.17) is 9.26 Å². The van der Waals surface area contributed by atoms with Crippen LogP contribution < -0.4 is 10.1 Å². The van der Waals surface area contributed by atoms with Crippen LogP contribution in [0.25, 0.3) is 0 Å². The number of nitrogens with zero attached hydrogens (tertiary/aromatic N) is 2. The van der Waals surface area contributed by atoms with Crippen molar-refractivity contribution in [3.63, 3.8) is 0 Å². The minimum atomic E-state index is -0.534. The van der Waals surface area contributed by atoms with Crippen LogP contribution in [-0.2, 0) is 4.79 Å². The highest BCUT2D eigenvalue weighted by molar-refractivity contribution is 5.99. The van der Waals surface area contributed by atoms with E-state index in [1.807, 2.05) is 20.8 Å². The summed E-state index contributed by atoms with van der Waals surface area (Å²) >= 11 is 0. The van der Waals surface area contributed by atoms with Crippen LogP contribution in [0.4, 0.5) is 5.82 Å². The molecule has 0 aliphatic heterocycles. The van der Waals surface area contributed by atoms with Crippen molar-refractivity contribution in [2.24, 2.45) is 0 Å². The van der Waals surface area contributed by atoms with Gasteiger partial charge in [-0.15, -0.1) is 0 Å². The molecule has 1 heterocycles. The summed E-state index contributed by atoms with van der Waals surface area (Å²) in [5, 5.41) is 6.36. The summed E-state index contributed by atoms with van der Waals surface area (Å²) in [6, 6.07) is 8.40. The number of carbonyl (C=O) groups excluding carboxylic acids is 2. The molecule has 7 nitrogen and oxygen atoms in total. The molecule has 0 saturated heterocycles. The minimum absolute atomic E-state index is 0.0970. The van der Waals surface area contributed by atoms with Crippen LogP contribution >= 0.6 is 0 Å². The van der Waals surface area contributed by atoms with Gasteiger partial charge in [0.05, 0.1) is 7.11 Å². The van der Waals surface area contributed by atoms with E-state index in [2.05, 4.69) is 10.5 Å². The van der Waals surface area contributed by atoms with Crippen molar-refractivity contribution < 1.29 is 18.8 Å². The van der Waals surface area contributed by atoms with Gasteiger partial charge in [-0.25, -0.2) is 0 Å². The van der Waals surface area contributed by atoms with E-state index in [0.29, 0.717) is 22.9 Å². The Kier molecular flexibility index (Phi) is 5.46. The SMILES string of the molecule is COc1ccc(C(=O)N(CC(=O)Nc2cc(C)on2)C(C)(C)C)cc1. The first-order valence-electron chi connectivity index (χ1n) is 7.90. The number of hydrogen-bond donors (Lipinski definition) is 1. The lowest BCUT2D eigenvalue weighted by atomic mass is 10.0. The van der Waals surface area contributed by atoms with E-state index in [0.717, 1.165) is 0 Å². The Morgan fingerprint density at radius 2 is 1.88 bits per heavy atom. The number of rotatable bonds is 5. The number of carbonyl (C=O) groups is 2. The van der Waals surface area contributed by atoms with Crippen molar-refractivity contribution in [1.82, 2.24) is 10.1 Å². The van der Waals surface area contributed by atoms with Crippen LogP contribution in [0.2, 0.25) is 0 Å². The van der Waals surface area contributed by atoms with E-state index >= 15 is 0 Å². The maximum absolute atomic E-state index is 12.9. The van der Waals surface area contributed by atoms with E-state index in [-0.39, 0.29) is 18.4 Å². The lowest BCUT2D eigenvalue weighted by molar-refractivity contribution is -0.117. The molecule has 0 aliphatic rings. The molecule has 7 heteroatoms. The van der Waals surface area contributed by atoms with Crippen molar-refractivity contribution in [3.8, 4) is 5.75 Å². The lowest BCUT2D eigenvalue weighted by Crippen LogP contribution is -2.49. The monoisotopic (exact) mass is 345 g/mol. The third-order valence-corrected chi connectivity index (χ3v) is 3.59. The fraction of sp³-hybridized carbons (Fsp3) is 0.389. The number of methoxy groups -OCH3 is 1. The van der Waals surface area contributed by atoms with E-state index in [1.165, 1.54) is 4.90 Å². The van der Waals surface area contributed by atoms with Gasteiger partial charge in [-0.1, -0.05) is 5.16 Å². The van der Waals surface area contributed by atoms with Crippen LogP contribution in [0, 0.1) is 6.92 Å². The van der Waals surface area contributed by atoms with Gasteiger partial charge < -0.3 is 19.5 Å². The molecule has 0 bridgehead atoms. The van der Waals surface area contributed by atoms with E-state index in [1.54, 1.807) is 44.4 Å². The summed E-state index contributed by atoms with van der Waals surface area (Å²) in [5.41, 5.74) is -0.0468. The normalized spacial score (nSPS) is 11.1. The smallest absolute Gasteiger partial charge is 0.254 e. The van der Waals surface area contributed by atoms with Crippen LogP contribution in [0.1, 0.15) is 36.9 Å². The van der Waals surface area contributed by atoms with Gasteiger partial charge in [-0.05, 0) is 52.0 Å². The zero-order valence-electron chi connectivity index (χ0n) is 15.1. The van der Waals surface area contributed by atoms with Gasteiger partial charge >= 0.3 is 0 Å². The fourth-order valence-electron chi connectivity index (χ4n) is 2.25. The maximum atomic E-state index is 12.9. The third-order valence-electron chi connectivity index (χ3n) is 3.59. The van der Waals surface area contributed by atoms with Crippen LogP contribution in [-0.4, -0.2) is 41.1 Å². The highest BCUT2D eigenvalue weighted by atomic mass is 16.5. The summed E-state index contributed by atoms with van der Waals surface area (Å²) in [6.45, 7) is 7.27. The van der Waals surface area contributed by atoms with Crippen molar-refractivity contribution >= 4 is 17.6 Å². The average molecular weight is 345 g/mol. The summed E-state index contributed by atoms with van der Waals surface area (Å²) < 4.78 is 10.0. The number of ether oxygens (including phenoxy) is 1. The summed E-state index contributed by atoms with van der Waals surface area (Å²) in [7, 11) is 1.56. The Morgan fingerprint density at radius 3 is 2.36 bits per heavy atom. The highest BCUT2D eigenvalue weighted by Crippen LogP contribution is 2.19. The molecule has 1 N–H and O–H groups in total. The van der Waals surface area contributed by atoms with Crippen molar-refractivity contribution in [1.29, 1.82) is 0 Å².